The molecule has 3 N–H and O–H groups in total. The van der Waals surface area contributed by atoms with E-state index >= 15 is 0 Å². The fraction of sp³-hybridized carbons (Fsp3) is 0.333. The number of hydrogen-bond donors (Lipinski definition) is 2. The maximum Gasteiger partial charge on any atom is 0.573 e. The number of ether oxygens (including phenoxy) is 2. The van der Waals surface area contributed by atoms with Gasteiger partial charge in [0.25, 0.3) is 5.91 Å². The summed E-state index contributed by atoms with van der Waals surface area (Å²) in [6.07, 6.45) is -3.48. The third kappa shape index (κ3) is 4.88. The third-order valence-electron chi connectivity index (χ3n) is 4.92. The summed E-state index contributed by atoms with van der Waals surface area (Å²) in [5.41, 5.74) is 8.15. The second kappa shape index (κ2) is 8.95. The Morgan fingerprint density at radius 1 is 1.16 bits per heavy atom. The highest BCUT2D eigenvalue weighted by Gasteiger charge is 2.33. The number of carbonyl (C=O) groups is 1. The first-order valence-electron chi connectivity index (χ1n) is 9.61. The molecule has 1 heterocycles. The quantitative estimate of drug-likeness (QED) is 0.546. The Bertz CT molecular complexity index is 1130. The van der Waals surface area contributed by atoms with Crippen molar-refractivity contribution in [3.8, 4) is 22.6 Å². The number of methoxy groups -OCH3 is 1. The van der Waals surface area contributed by atoms with Gasteiger partial charge in [-0.25, -0.2) is 4.98 Å². The number of nitrogens with zero attached hydrogens (tertiary/aromatic N) is 3. The molecule has 0 aliphatic rings. The summed E-state index contributed by atoms with van der Waals surface area (Å²) in [5.74, 6) is -1.20. The highest BCUT2D eigenvalue weighted by Crippen LogP contribution is 2.40. The van der Waals surface area contributed by atoms with Crippen LogP contribution in [-0.2, 0) is 0 Å². The van der Waals surface area contributed by atoms with Gasteiger partial charge in [-0.05, 0) is 37.9 Å². The van der Waals surface area contributed by atoms with E-state index in [2.05, 4.69) is 14.7 Å². The van der Waals surface area contributed by atoms with Crippen LogP contribution in [0.25, 0.3) is 22.2 Å². The van der Waals surface area contributed by atoms with E-state index < -0.39 is 18.0 Å². The number of benzene rings is 2. The number of rotatable bonds is 8. The van der Waals surface area contributed by atoms with Gasteiger partial charge >= 0.3 is 6.36 Å². The average molecular weight is 451 g/mol. The minimum absolute atomic E-state index is 0.0681. The largest absolute Gasteiger partial charge is 0.573 e. The van der Waals surface area contributed by atoms with Crippen LogP contribution in [0.4, 0.5) is 18.9 Å². The van der Waals surface area contributed by atoms with E-state index in [-0.39, 0.29) is 11.3 Å². The van der Waals surface area contributed by atoms with Crippen molar-refractivity contribution in [2.24, 2.45) is 5.73 Å². The number of hydrogen-bond acceptors (Lipinski definition) is 6. The first-order chi connectivity index (χ1) is 15.0. The first kappa shape index (κ1) is 23.2. The summed E-state index contributed by atoms with van der Waals surface area (Å²) in [6, 6.07) is 5.90. The van der Waals surface area contributed by atoms with E-state index in [4.69, 9.17) is 10.5 Å². The number of nitrogens with two attached hydrogens (primary N) is 1. The number of aromatic amines is 1. The Labute approximate surface area is 182 Å². The number of carbonyl (C=O) groups excluding carboxylic acids is 1. The molecule has 3 aromatic rings. The molecule has 0 atom stereocenters. The molecule has 11 heteroatoms. The number of nitrogens with one attached hydrogen (secondary N) is 1. The molecular formula is C21H24F3N5O3. The van der Waals surface area contributed by atoms with E-state index in [0.29, 0.717) is 40.9 Å². The lowest BCUT2D eigenvalue weighted by Crippen LogP contribution is -2.30. The van der Waals surface area contributed by atoms with E-state index in [9.17, 15) is 18.0 Å². The Kier molecular flexibility index (Phi) is 6.49. The highest BCUT2D eigenvalue weighted by atomic mass is 19.4. The second-order valence-electron chi connectivity index (χ2n) is 7.45. The molecular weight excluding hydrogens is 427 g/mol. The number of alkyl halides is 3. The predicted molar refractivity (Wildman–Crippen MR) is 115 cm³/mol. The fourth-order valence-corrected chi connectivity index (χ4v) is 3.38. The monoisotopic (exact) mass is 451 g/mol. The fourth-order valence-electron chi connectivity index (χ4n) is 3.38. The molecule has 0 unspecified atom stereocenters. The molecule has 0 saturated carbocycles. The van der Waals surface area contributed by atoms with E-state index in [0.717, 1.165) is 0 Å². The summed E-state index contributed by atoms with van der Waals surface area (Å²) in [7, 11) is 6.91. The molecule has 0 spiro atoms. The number of fused-ring (bicyclic) bond motifs is 1. The van der Waals surface area contributed by atoms with Gasteiger partial charge in [-0.3, -0.25) is 4.79 Å². The Hall–Kier alpha value is -3.47. The third-order valence-corrected chi connectivity index (χ3v) is 4.92. The van der Waals surface area contributed by atoms with Crippen LogP contribution in [0, 0.1) is 0 Å². The van der Waals surface area contributed by atoms with Crippen LogP contribution in [0.3, 0.4) is 0 Å². The van der Waals surface area contributed by atoms with Gasteiger partial charge in [-0.1, -0.05) is 6.07 Å². The molecule has 0 radical (unpaired) electrons. The van der Waals surface area contributed by atoms with Crippen LogP contribution in [0.1, 0.15) is 10.4 Å². The number of primary amides is 1. The average Bonchev–Trinajstić information content (AvgIpc) is 3.18. The molecule has 172 valence electrons. The molecule has 0 fully saturated rings. The topological polar surface area (TPSA) is 96.7 Å². The van der Waals surface area contributed by atoms with Crippen LogP contribution in [-0.4, -0.2) is 68.5 Å². The van der Waals surface area contributed by atoms with Gasteiger partial charge in [-0.2, -0.15) is 0 Å². The number of imidazole rings is 1. The molecule has 0 aliphatic carbocycles. The van der Waals surface area contributed by atoms with Crippen molar-refractivity contribution in [2.45, 2.75) is 6.36 Å². The zero-order valence-corrected chi connectivity index (χ0v) is 18.1. The number of halogens is 3. The van der Waals surface area contributed by atoms with Crippen LogP contribution < -0.4 is 20.1 Å². The van der Waals surface area contributed by atoms with Crippen molar-refractivity contribution in [1.29, 1.82) is 0 Å². The first-order valence-corrected chi connectivity index (χ1v) is 9.61. The summed E-state index contributed by atoms with van der Waals surface area (Å²) in [5, 5.41) is 0. The zero-order chi connectivity index (χ0) is 23.6. The van der Waals surface area contributed by atoms with Gasteiger partial charge in [0.15, 0.2) is 11.5 Å². The van der Waals surface area contributed by atoms with Gasteiger partial charge < -0.3 is 30.0 Å². The highest BCUT2D eigenvalue weighted by molar-refractivity contribution is 6.12. The SMILES string of the molecule is COc1ccc(-c2cc(N(C)CCN(C)C)c(C(N)=O)c3[nH]cnc23)cc1OC(F)(F)F. The zero-order valence-electron chi connectivity index (χ0n) is 18.1. The Morgan fingerprint density at radius 3 is 2.47 bits per heavy atom. The molecule has 1 aromatic heterocycles. The second-order valence-corrected chi connectivity index (χ2v) is 7.45. The normalized spacial score (nSPS) is 11.8. The maximum atomic E-state index is 12.9. The Balaban J connectivity index is 2.21. The maximum absolute atomic E-state index is 12.9. The summed E-state index contributed by atoms with van der Waals surface area (Å²) < 4.78 is 47.8. The molecule has 1 amide bonds. The van der Waals surface area contributed by atoms with Gasteiger partial charge in [0.1, 0.15) is 0 Å². The van der Waals surface area contributed by atoms with Crippen LogP contribution in [0.15, 0.2) is 30.6 Å². The van der Waals surface area contributed by atoms with Gasteiger partial charge in [0.05, 0.1) is 35.7 Å². The number of H-pyrrole nitrogens is 1. The molecule has 0 aliphatic heterocycles. The van der Waals surface area contributed by atoms with Gasteiger partial charge in [-0.15, -0.1) is 13.2 Å². The molecule has 0 bridgehead atoms. The van der Waals surface area contributed by atoms with Crippen LogP contribution in [0.2, 0.25) is 0 Å². The van der Waals surface area contributed by atoms with E-state index in [1.807, 2.05) is 30.9 Å². The van der Waals surface area contributed by atoms with Gasteiger partial charge in [0, 0.05) is 25.7 Å². The van der Waals surface area contributed by atoms with Crippen molar-refractivity contribution in [2.75, 3.05) is 46.2 Å². The molecule has 3 rings (SSSR count). The standard InChI is InChI=1S/C21H24F3N5O3/c1-28(2)7-8-29(3)14-10-13(18-19(27-11-26-18)17(14)20(25)30)12-5-6-15(31-4)16(9-12)32-21(22,23)24/h5-6,9-11H,7-8H2,1-4H3,(H2,25,30)(H,26,27). The minimum Gasteiger partial charge on any atom is -0.493 e. The lowest BCUT2D eigenvalue weighted by molar-refractivity contribution is -0.275. The number of anilines is 1. The van der Waals surface area contributed by atoms with Crippen molar-refractivity contribution in [3.05, 3.63) is 36.2 Å². The van der Waals surface area contributed by atoms with Crippen molar-refractivity contribution < 1.29 is 27.4 Å². The number of likely N-dealkylation sites (N-methyl/N-ethyl adjacent to an activating group) is 2. The van der Waals surface area contributed by atoms with Crippen molar-refractivity contribution >= 4 is 22.6 Å². The summed E-state index contributed by atoms with van der Waals surface area (Å²) in [4.78, 5) is 23.3. The Morgan fingerprint density at radius 2 is 1.88 bits per heavy atom. The lowest BCUT2D eigenvalue weighted by atomic mass is 9.98. The van der Waals surface area contributed by atoms with E-state index in [1.165, 1.54) is 25.6 Å². The lowest BCUT2D eigenvalue weighted by Gasteiger charge is -2.24. The van der Waals surface area contributed by atoms with Crippen LogP contribution in [0.5, 0.6) is 11.5 Å². The van der Waals surface area contributed by atoms with E-state index in [1.54, 1.807) is 12.1 Å². The number of aromatic nitrogens is 2. The minimum atomic E-state index is -4.89. The molecule has 32 heavy (non-hydrogen) atoms. The van der Waals surface area contributed by atoms with Gasteiger partial charge in [0.2, 0.25) is 0 Å². The van der Waals surface area contributed by atoms with Crippen molar-refractivity contribution in [3.63, 3.8) is 0 Å². The smallest absolute Gasteiger partial charge is 0.493 e. The summed E-state index contributed by atoms with van der Waals surface area (Å²) in [6.45, 7) is 1.29. The van der Waals surface area contributed by atoms with Crippen LogP contribution >= 0.6 is 0 Å². The summed E-state index contributed by atoms with van der Waals surface area (Å²) >= 11 is 0. The predicted octanol–water partition coefficient (Wildman–Crippen LogP) is 3.23. The molecule has 2 aromatic carbocycles. The van der Waals surface area contributed by atoms with Crippen molar-refractivity contribution in [1.82, 2.24) is 14.9 Å². The molecule has 8 nitrogen and oxygen atoms in total. The molecule has 0 saturated heterocycles. The number of amides is 1.